The number of amides is 1. The second-order valence-electron chi connectivity index (χ2n) is 9.11. The lowest BCUT2D eigenvalue weighted by Gasteiger charge is -2.46. The molecular formula is C23H21ClFN9O2. The number of carbonyl (C=O) groups is 1. The quantitative estimate of drug-likeness (QED) is 0.515. The summed E-state index contributed by atoms with van der Waals surface area (Å²) in [5.41, 5.74) is 2.15. The van der Waals surface area contributed by atoms with Gasteiger partial charge in [-0.3, -0.25) is 9.69 Å². The van der Waals surface area contributed by atoms with Crippen LogP contribution < -0.4 is 0 Å². The molecule has 3 aliphatic rings. The third-order valence-electron chi connectivity index (χ3n) is 7.17. The van der Waals surface area contributed by atoms with Crippen molar-refractivity contribution < 1.29 is 13.9 Å². The van der Waals surface area contributed by atoms with Crippen LogP contribution in [-0.4, -0.2) is 84.7 Å². The SMILES string of the molecule is N#Cc1c(F)ccc([C@H]2CN3CCN(C(=O)C4CCc5nc(-n6cnnn6)ncc54)C[C@@H]3CO2)c1Cl. The van der Waals surface area contributed by atoms with E-state index in [0.29, 0.717) is 57.1 Å². The van der Waals surface area contributed by atoms with Crippen LogP contribution in [0.5, 0.6) is 0 Å². The van der Waals surface area contributed by atoms with Gasteiger partial charge in [0.1, 0.15) is 23.8 Å². The third kappa shape index (κ3) is 3.89. The average molecular weight is 510 g/mol. The van der Waals surface area contributed by atoms with E-state index in [0.717, 1.165) is 11.3 Å². The van der Waals surface area contributed by atoms with Crippen LogP contribution in [0, 0.1) is 17.1 Å². The maximum Gasteiger partial charge on any atom is 0.253 e. The van der Waals surface area contributed by atoms with Crippen LogP contribution in [0.4, 0.5) is 4.39 Å². The second-order valence-corrected chi connectivity index (χ2v) is 9.49. The van der Waals surface area contributed by atoms with Crippen LogP contribution in [0.3, 0.4) is 0 Å². The lowest BCUT2D eigenvalue weighted by Crippen LogP contribution is -2.60. The summed E-state index contributed by atoms with van der Waals surface area (Å²) in [6.45, 7) is 2.81. The molecule has 2 aliphatic heterocycles. The predicted octanol–water partition coefficient (Wildman–Crippen LogP) is 1.43. The molecule has 1 unspecified atom stereocenters. The van der Waals surface area contributed by atoms with Gasteiger partial charge in [-0.15, -0.1) is 5.10 Å². The number of hydrogen-bond acceptors (Lipinski definition) is 9. The number of morpholine rings is 1. The summed E-state index contributed by atoms with van der Waals surface area (Å²) in [6.07, 6.45) is 4.16. The van der Waals surface area contributed by atoms with Crippen molar-refractivity contribution in [3.63, 3.8) is 0 Å². The van der Waals surface area contributed by atoms with Gasteiger partial charge in [0.15, 0.2) is 0 Å². The van der Waals surface area contributed by atoms with Crippen LogP contribution >= 0.6 is 11.6 Å². The number of ether oxygens (including phenoxy) is 1. The molecule has 36 heavy (non-hydrogen) atoms. The zero-order valence-corrected chi connectivity index (χ0v) is 19.8. The number of carbonyl (C=O) groups excluding carboxylic acids is 1. The van der Waals surface area contributed by atoms with E-state index in [1.165, 1.54) is 17.1 Å². The number of fused-ring (bicyclic) bond motifs is 2. The Morgan fingerprint density at radius 2 is 2.14 bits per heavy atom. The number of nitrogens with zero attached hydrogens (tertiary/aromatic N) is 9. The monoisotopic (exact) mass is 509 g/mol. The summed E-state index contributed by atoms with van der Waals surface area (Å²) in [5, 5.41) is 20.4. The van der Waals surface area contributed by atoms with Crippen molar-refractivity contribution in [2.45, 2.75) is 30.9 Å². The highest BCUT2D eigenvalue weighted by molar-refractivity contribution is 6.32. The van der Waals surface area contributed by atoms with E-state index in [1.54, 1.807) is 12.3 Å². The lowest BCUT2D eigenvalue weighted by molar-refractivity contribution is -0.141. The molecule has 6 rings (SSSR count). The fourth-order valence-corrected chi connectivity index (χ4v) is 5.59. The normalized spacial score (nSPS) is 23.7. The molecule has 3 atom stereocenters. The van der Waals surface area contributed by atoms with E-state index in [4.69, 9.17) is 16.3 Å². The van der Waals surface area contributed by atoms with Gasteiger partial charge in [0.25, 0.3) is 5.95 Å². The zero-order valence-electron chi connectivity index (χ0n) is 19.1. The molecule has 3 aromatic rings. The molecule has 11 nitrogen and oxygen atoms in total. The Morgan fingerprint density at radius 3 is 2.94 bits per heavy atom. The largest absolute Gasteiger partial charge is 0.370 e. The number of rotatable bonds is 3. The van der Waals surface area contributed by atoms with E-state index >= 15 is 0 Å². The molecule has 1 amide bonds. The molecule has 0 N–H and O–H groups in total. The van der Waals surface area contributed by atoms with Crippen LogP contribution in [0.25, 0.3) is 5.95 Å². The number of piperazine rings is 1. The molecule has 1 aromatic carbocycles. The molecule has 184 valence electrons. The van der Waals surface area contributed by atoms with Crippen molar-refractivity contribution in [3.8, 4) is 12.0 Å². The average Bonchev–Trinajstić information content (AvgIpc) is 3.58. The summed E-state index contributed by atoms with van der Waals surface area (Å²) in [7, 11) is 0. The van der Waals surface area contributed by atoms with Crippen molar-refractivity contribution >= 4 is 17.5 Å². The Bertz CT molecular complexity index is 1360. The minimum Gasteiger partial charge on any atom is -0.370 e. The highest BCUT2D eigenvalue weighted by atomic mass is 35.5. The summed E-state index contributed by atoms with van der Waals surface area (Å²) < 4.78 is 21.3. The first-order chi connectivity index (χ1) is 17.5. The van der Waals surface area contributed by atoms with Crippen LogP contribution in [-0.2, 0) is 16.0 Å². The smallest absolute Gasteiger partial charge is 0.253 e. The summed E-state index contributed by atoms with van der Waals surface area (Å²) >= 11 is 6.30. The number of nitriles is 1. The molecule has 1 aliphatic carbocycles. The predicted molar refractivity (Wildman–Crippen MR) is 123 cm³/mol. The van der Waals surface area contributed by atoms with Gasteiger partial charge in [-0.05, 0) is 29.3 Å². The minimum absolute atomic E-state index is 0.0490. The van der Waals surface area contributed by atoms with Crippen molar-refractivity contribution in [1.82, 2.24) is 40.0 Å². The highest BCUT2D eigenvalue weighted by Gasteiger charge is 2.40. The Kier molecular flexibility index (Phi) is 5.83. The number of aromatic nitrogens is 6. The first kappa shape index (κ1) is 22.9. The van der Waals surface area contributed by atoms with Gasteiger partial charge in [0.05, 0.1) is 35.4 Å². The Morgan fingerprint density at radius 1 is 1.25 bits per heavy atom. The second kappa shape index (κ2) is 9.16. The first-order valence-electron chi connectivity index (χ1n) is 11.6. The molecular weight excluding hydrogens is 489 g/mol. The maximum absolute atomic E-state index is 13.9. The topological polar surface area (TPSA) is 126 Å². The molecule has 0 bridgehead atoms. The van der Waals surface area contributed by atoms with Gasteiger partial charge in [-0.1, -0.05) is 17.7 Å². The van der Waals surface area contributed by atoms with Crippen molar-refractivity contribution in [2.24, 2.45) is 0 Å². The number of aryl methyl sites for hydroxylation is 1. The number of tetrazole rings is 1. The fraction of sp³-hybridized carbons (Fsp3) is 0.435. The van der Waals surface area contributed by atoms with Gasteiger partial charge < -0.3 is 9.64 Å². The fourth-order valence-electron chi connectivity index (χ4n) is 5.28. The molecule has 2 aromatic heterocycles. The van der Waals surface area contributed by atoms with E-state index in [9.17, 15) is 14.4 Å². The Hall–Kier alpha value is -3.53. The van der Waals surface area contributed by atoms with E-state index in [2.05, 4.69) is 30.4 Å². The Balaban J connectivity index is 1.12. The van der Waals surface area contributed by atoms with Gasteiger partial charge in [0, 0.05) is 43.5 Å². The van der Waals surface area contributed by atoms with Crippen LogP contribution in [0.15, 0.2) is 24.7 Å². The summed E-state index contributed by atoms with van der Waals surface area (Å²) in [6, 6.07) is 4.70. The molecule has 2 saturated heterocycles. The van der Waals surface area contributed by atoms with E-state index < -0.39 is 5.82 Å². The maximum atomic E-state index is 13.9. The number of hydrogen-bond donors (Lipinski definition) is 0. The van der Waals surface area contributed by atoms with Crippen LogP contribution in [0.2, 0.25) is 5.02 Å². The standard InChI is InChI=1S/C23H21ClFN9O2/c24-21-15(1-3-18(25)16(21)7-26)20-10-32-5-6-33(9-13(32)11-36-20)22(35)14-2-4-19-17(14)8-27-23(29-19)34-12-28-30-31-34/h1,3,8,12-14,20H,2,4-6,9-11H2/t13-,14?,20-/m1/s1. The molecule has 0 saturated carbocycles. The molecule has 13 heteroatoms. The van der Waals surface area contributed by atoms with Crippen molar-refractivity contribution in [3.05, 3.63) is 57.9 Å². The molecule has 4 heterocycles. The molecule has 0 spiro atoms. The van der Waals surface area contributed by atoms with Crippen molar-refractivity contribution in [2.75, 3.05) is 32.8 Å². The van der Waals surface area contributed by atoms with Gasteiger partial charge in [0.2, 0.25) is 5.91 Å². The molecule has 2 fully saturated rings. The summed E-state index contributed by atoms with van der Waals surface area (Å²) in [5.74, 6) is -0.446. The van der Waals surface area contributed by atoms with Gasteiger partial charge in [-0.25, -0.2) is 14.4 Å². The summed E-state index contributed by atoms with van der Waals surface area (Å²) in [4.78, 5) is 26.6. The first-order valence-corrected chi connectivity index (χ1v) is 12.0. The lowest BCUT2D eigenvalue weighted by atomic mass is 9.99. The third-order valence-corrected chi connectivity index (χ3v) is 7.58. The Labute approximate surface area is 210 Å². The molecule has 0 radical (unpaired) electrons. The van der Waals surface area contributed by atoms with E-state index in [-0.39, 0.29) is 34.6 Å². The zero-order chi connectivity index (χ0) is 24.8. The minimum atomic E-state index is -0.641. The van der Waals surface area contributed by atoms with Crippen LogP contribution in [0.1, 0.15) is 40.8 Å². The van der Waals surface area contributed by atoms with Gasteiger partial charge in [-0.2, -0.15) is 9.94 Å². The van der Waals surface area contributed by atoms with E-state index in [1.807, 2.05) is 11.0 Å². The number of halogens is 2. The number of benzene rings is 1. The van der Waals surface area contributed by atoms with Gasteiger partial charge >= 0.3 is 0 Å². The van der Waals surface area contributed by atoms with Crippen molar-refractivity contribution in [1.29, 1.82) is 5.26 Å². The highest BCUT2D eigenvalue weighted by Crippen LogP contribution is 2.36.